The zero-order chi connectivity index (χ0) is 11.7. The molecule has 2 aromatic carbocycles. The lowest BCUT2D eigenvalue weighted by molar-refractivity contribution is 0.104. The fraction of sp³-hybridized carbons (Fsp3) is 0. The van der Waals surface area contributed by atoms with Gasteiger partial charge in [0.2, 0.25) is 5.78 Å². The predicted molar refractivity (Wildman–Crippen MR) is 69.0 cm³/mol. The summed E-state index contributed by atoms with van der Waals surface area (Å²) in [6.45, 7) is 0. The number of ketones is 1. The van der Waals surface area contributed by atoms with Gasteiger partial charge in [-0.25, -0.2) is 0 Å². The molecule has 2 aromatic rings. The van der Waals surface area contributed by atoms with Crippen LogP contribution in [0.5, 0.6) is 0 Å². The lowest BCUT2D eigenvalue weighted by atomic mass is 9.98. The Hall–Kier alpha value is -2.37. The van der Waals surface area contributed by atoms with Crippen molar-refractivity contribution in [2.24, 2.45) is 0 Å². The number of benzene rings is 2. The quantitative estimate of drug-likeness (QED) is 0.555. The van der Waals surface area contributed by atoms with Gasteiger partial charge in [-0.1, -0.05) is 48.5 Å². The summed E-state index contributed by atoms with van der Waals surface area (Å²) in [6, 6.07) is 13.7. The smallest absolute Gasteiger partial charge is 0.201 e. The number of carbonyl (C=O) groups is 1. The fourth-order valence-electron chi connectivity index (χ4n) is 2.04. The third-order valence-corrected chi connectivity index (χ3v) is 2.88. The van der Waals surface area contributed by atoms with E-state index in [2.05, 4.69) is 5.73 Å². The van der Waals surface area contributed by atoms with Crippen LogP contribution < -0.4 is 0 Å². The number of fused-ring (bicyclic) bond motifs is 1. The highest BCUT2D eigenvalue weighted by Gasteiger charge is 2.13. The molecule has 1 aliphatic carbocycles. The van der Waals surface area contributed by atoms with Gasteiger partial charge in [0.15, 0.2) is 0 Å². The molecule has 0 radical (unpaired) electrons. The number of hydrogen-bond acceptors (Lipinski definition) is 1. The summed E-state index contributed by atoms with van der Waals surface area (Å²) in [7, 11) is 0. The van der Waals surface area contributed by atoms with Crippen molar-refractivity contribution in [1.29, 1.82) is 0 Å². The van der Waals surface area contributed by atoms with E-state index in [1.165, 1.54) is 0 Å². The van der Waals surface area contributed by atoms with Crippen molar-refractivity contribution in [3.63, 3.8) is 0 Å². The normalized spacial score (nSPS) is 13.1. The Bertz CT molecular complexity index is 693. The average molecular weight is 218 g/mol. The second-order valence-corrected chi connectivity index (χ2v) is 3.94. The van der Waals surface area contributed by atoms with Crippen LogP contribution in [0.4, 0.5) is 0 Å². The van der Waals surface area contributed by atoms with Gasteiger partial charge in [0.1, 0.15) is 0 Å². The van der Waals surface area contributed by atoms with Gasteiger partial charge in [-0.05, 0) is 22.9 Å². The fourth-order valence-corrected chi connectivity index (χ4v) is 2.04. The van der Waals surface area contributed by atoms with E-state index in [-0.39, 0.29) is 5.78 Å². The van der Waals surface area contributed by atoms with E-state index < -0.39 is 0 Å². The molecule has 0 amide bonds. The molecular formula is C16H10O. The standard InChI is InChI=1S/C16H10O/c17-16(13-7-1-2-8-13)15-11-5-9-12-6-3-4-10-14(12)15/h1-7,9-11H. The van der Waals surface area contributed by atoms with E-state index in [0.717, 1.165) is 16.3 Å². The van der Waals surface area contributed by atoms with Crippen molar-refractivity contribution in [3.8, 4) is 0 Å². The average Bonchev–Trinajstić information content (AvgIpc) is 2.91. The molecule has 0 saturated heterocycles. The summed E-state index contributed by atoms with van der Waals surface area (Å²) in [5.74, 6) is 0.0341. The highest BCUT2D eigenvalue weighted by Crippen LogP contribution is 2.21. The van der Waals surface area contributed by atoms with Gasteiger partial charge < -0.3 is 0 Å². The Balaban J connectivity index is 2.21. The van der Waals surface area contributed by atoms with Crippen molar-refractivity contribution in [1.82, 2.24) is 0 Å². The zero-order valence-electron chi connectivity index (χ0n) is 9.18. The minimum absolute atomic E-state index is 0.0341. The molecule has 0 saturated carbocycles. The van der Waals surface area contributed by atoms with Crippen LogP contribution in [-0.4, -0.2) is 5.78 Å². The van der Waals surface area contributed by atoms with Crippen LogP contribution in [0, 0.1) is 0 Å². The Kier molecular flexibility index (Phi) is 2.25. The monoisotopic (exact) mass is 218 g/mol. The molecule has 80 valence electrons. The molecule has 1 nitrogen and oxygen atoms in total. The number of hydrogen-bond donors (Lipinski definition) is 0. The van der Waals surface area contributed by atoms with Crippen LogP contribution in [0.25, 0.3) is 10.8 Å². The molecule has 0 N–H and O–H groups in total. The van der Waals surface area contributed by atoms with Crippen molar-refractivity contribution >= 4 is 16.6 Å². The second-order valence-electron chi connectivity index (χ2n) is 3.94. The van der Waals surface area contributed by atoms with Crippen LogP contribution in [0.3, 0.4) is 0 Å². The molecular weight excluding hydrogens is 208 g/mol. The number of carbonyl (C=O) groups excluding carboxylic acids is 1. The third kappa shape index (κ3) is 1.63. The van der Waals surface area contributed by atoms with Gasteiger partial charge in [0.05, 0.1) is 5.57 Å². The van der Waals surface area contributed by atoms with Crippen molar-refractivity contribution in [2.45, 2.75) is 0 Å². The molecule has 1 aliphatic rings. The van der Waals surface area contributed by atoms with Crippen molar-refractivity contribution < 1.29 is 4.79 Å². The molecule has 17 heavy (non-hydrogen) atoms. The summed E-state index contributed by atoms with van der Waals surface area (Å²) in [6.07, 6.45) is 5.39. The van der Waals surface area contributed by atoms with E-state index in [1.807, 2.05) is 48.5 Å². The highest BCUT2D eigenvalue weighted by atomic mass is 16.1. The minimum Gasteiger partial charge on any atom is -0.288 e. The van der Waals surface area contributed by atoms with E-state index in [4.69, 9.17) is 0 Å². The second kappa shape index (κ2) is 3.89. The molecule has 0 aromatic heterocycles. The maximum absolute atomic E-state index is 12.3. The lowest BCUT2D eigenvalue weighted by Crippen LogP contribution is -2.00. The predicted octanol–water partition coefficient (Wildman–Crippen LogP) is 3.67. The Morgan fingerprint density at radius 3 is 2.65 bits per heavy atom. The Labute approximate surface area is 99.4 Å². The summed E-state index contributed by atoms with van der Waals surface area (Å²) < 4.78 is 0. The molecule has 3 rings (SSSR count). The molecule has 0 spiro atoms. The first-order valence-corrected chi connectivity index (χ1v) is 5.52. The van der Waals surface area contributed by atoms with Gasteiger partial charge in [-0.3, -0.25) is 4.79 Å². The van der Waals surface area contributed by atoms with Gasteiger partial charge in [0.25, 0.3) is 0 Å². The molecule has 0 fully saturated rings. The first-order valence-electron chi connectivity index (χ1n) is 5.52. The maximum Gasteiger partial charge on any atom is 0.201 e. The van der Waals surface area contributed by atoms with Crippen LogP contribution >= 0.6 is 0 Å². The third-order valence-electron chi connectivity index (χ3n) is 2.88. The maximum atomic E-state index is 12.3. The summed E-state index contributed by atoms with van der Waals surface area (Å²) in [4.78, 5) is 12.3. The summed E-state index contributed by atoms with van der Waals surface area (Å²) in [5, 5.41) is 2.08. The largest absolute Gasteiger partial charge is 0.288 e. The Morgan fingerprint density at radius 1 is 1.00 bits per heavy atom. The van der Waals surface area contributed by atoms with Crippen LogP contribution in [-0.2, 0) is 0 Å². The van der Waals surface area contributed by atoms with Crippen molar-refractivity contribution in [3.05, 3.63) is 77.6 Å². The van der Waals surface area contributed by atoms with Gasteiger partial charge >= 0.3 is 0 Å². The number of allylic oxidation sites excluding steroid dienone is 3. The Morgan fingerprint density at radius 2 is 1.82 bits per heavy atom. The zero-order valence-corrected chi connectivity index (χ0v) is 9.18. The molecule has 0 unspecified atom stereocenters. The molecule has 0 aliphatic heterocycles. The number of rotatable bonds is 2. The SMILES string of the molecule is O=C(C1=C=CC=C1)c1cccc2ccccc12. The van der Waals surface area contributed by atoms with Crippen LogP contribution in [0.15, 0.2) is 72.0 Å². The molecule has 1 heteroatoms. The van der Waals surface area contributed by atoms with E-state index in [1.54, 1.807) is 12.2 Å². The van der Waals surface area contributed by atoms with Gasteiger partial charge in [-0.2, -0.15) is 0 Å². The van der Waals surface area contributed by atoms with Crippen molar-refractivity contribution in [2.75, 3.05) is 0 Å². The highest BCUT2D eigenvalue weighted by molar-refractivity contribution is 6.17. The molecule has 0 bridgehead atoms. The first-order chi connectivity index (χ1) is 8.36. The molecule has 0 heterocycles. The van der Waals surface area contributed by atoms with E-state index >= 15 is 0 Å². The summed E-state index contributed by atoms with van der Waals surface area (Å²) in [5.41, 5.74) is 4.32. The number of Topliss-reactive ketones (excluding diaryl/α,β-unsaturated/α-hetero) is 1. The van der Waals surface area contributed by atoms with E-state index in [9.17, 15) is 4.79 Å². The van der Waals surface area contributed by atoms with Gasteiger partial charge in [-0.15, -0.1) is 5.73 Å². The topological polar surface area (TPSA) is 17.1 Å². The minimum atomic E-state index is 0.0341. The molecule has 0 atom stereocenters. The van der Waals surface area contributed by atoms with Gasteiger partial charge in [0, 0.05) is 5.56 Å². The first kappa shape index (κ1) is 9.83. The summed E-state index contributed by atoms with van der Waals surface area (Å²) >= 11 is 0. The van der Waals surface area contributed by atoms with E-state index in [0.29, 0.717) is 5.57 Å². The van der Waals surface area contributed by atoms with Crippen LogP contribution in [0.1, 0.15) is 10.4 Å². The van der Waals surface area contributed by atoms with Crippen LogP contribution in [0.2, 0.25) is 0 Å². The lowest BCUT2D eigenvalue weighted by Gasteiger charge is -2.04.